The number of azo groups is 1. The summed E-state index contributed by atoms with van der Waals surface area (Å²) in [5.41, 5.74) is 5.06. The number of anilines is 1. The third-order valence-corrected chi connectivity index (χ3v) is 5.40. The van der Waals surface area contributed by atoms with E-state index in [1.54, 1.807) is 30.3 Å². The summed E-state index contributed by atoms with van der Waals surface area (Å²) in [6.07, 6.45) is 0. The zero-order valence-electron chi connectivity index (χ0n) is 15.8. The minimum Gasteiger partial charge on any atom is -0.744 e. The number of hydrogen-bond donors (Lipinski definition) is 2. The molecule has 0 aliphatic carbocycles. The van der Waals surface area contributed by atoms with Crippen LogP contribution in [0.5, 0.6) is 5.75 Å². The molecule has 0 aliphatic rings. The Kier molecular flexibility index (Phi) is 9.03. The van der Waals surface area contributed by atoms with Gasteiger partial charge in [0.1, 0.15) is 25.9 Å². The van der Waals surface area contributed by atoms with Gasteiger partial charge in [0, 0.05) is 11.1 Å². The number of nitrogens with two attached hydrogens (primary N) is 1. The Balaban J connectivity index is 0.00000225. The molecule has 0 aliphatic heterocycles. The molecule has 3 aromatic carbocycles. The molecule has 10 nitrogen and oxygen atoms in total. The van der Waals surface area contributed by atoms with Crippen LogP contribution in [0.3, 0.4) is 0 Å². The van der Waals surface area contributed by atoms with E-state index < -0.39 is 41.5 Å². The molecule has 0 unspecified atom stereocenters. The van der Waals surface area contributed by atoms with Gasteiger partial charge < -0.3 is 19.9 Å². The van der Waals surface area contributed by atoms with Crippen LogP contribution in [0.2, 0.25) is 0 Å². The fraction of sp³-hybridized carbons (Fsp3) is 0. The predicted octanol–water partition coefficient (Wildman–Crippen LogP) is -3.64. The van der Waals surface area contributed by atoms with Crippen LogP contribution in [0.4, 0.5) is 17.1 Å². The smallest absolute Gasteiger partial charge is 0.744 e. The van der Waals surface area contributed by atoms with Gasteiger partial charge in [0.15, 0.2) is 5.75 Å². The number of nitrogen functional groups attached to an aromatic ring is 1. The molecule has 14 heteroatoms. The molecular weight excluding hydrogens is 456 g/mol. The van der Waals surface area contributed by atoms with Crippen molar-refractivity contribution in [1.82, 2.24) is 0 Å². The molecule has 0 radical (unpaired) electrons. The topological polar surface area (TPSA) is 185 Å². The van der Waals surface area contributed by atoms with Gasteiger partial charge in [-0.3, -0.25) is 0 Å². The van der Waals surface area contributed by atoms with Crippen LogP contribution in [-0.4, -0.2) is 31.0 Å². The summed E-state index contributed by atoms with van der Waals surface area (Å²) in [6, 6.07) is 10.5. The van der Waals surface area contributed by atoms with Gasteiger partial charge in [-0.2, -0.15) is 5.11 Å². The minimum atomic E-state index is -5.15. The number of hydrogen-bond acceptors (Lipinski definition) is 10. The van der Waals surface area contributed by atoms with Crippen molar-refractivity contribution in [2.45, 2.75) is 9.79 Å². The summed E-state index contributed by atoms with van der Waals surface area (Å²) in [6.45, 7) is 0. The van der Waals surface area contributed by atoms with Crippen molar-refractivity contribution >= 4 is 48.1 Å². The second kappa shape index (κ2) is 10.0. The van der Waals surface area contributed by atoms with E-state index in [9.17, 15) is 31.0 Å². The second-order valence-electron chi connectivity index (χ2n) is 5.63. The summed E-state index contributed by atoms with van der Waals surface area (Å²) in [5.74, 6) is -0.793. The van der Waals surface area contributed by atoms with Crippen LogP contribution < -0.4 is 64.8 Å². The van der Waals surface area contributed by atoms with Gasteiger partial charge in [-0.15, -0.1) is 5.11 Å². The van der Waals surface area contributed by atoms with E-state index in [1.807, 2.05) is 0 Å². The summed E-state index contributed by atoms with van der Waals surface area (Å²) < 4.78 is 68.6. The van der Waals surface area contributed by atoms with Crippen LogP contribution in [0.15, 0.2) is 68.6 Å². The number of phenols is 1. The van der Waals surface area contributed by atoms with Crippen molar-refractivity contribution in [3.63, 3.8) is 0 Å². The predicted molar refractivity (Wildman–Crippen MR) is 96.6 cm³/mol. The van der Waals surface area contributed by atoms with E-state index in [1.165, 1.54) is 0 Å². The zero-order chi connectivity index (χ0) is 20.7. The van der Waals surface area contributed by atoms with E-state index >= 15 is 0 Å². The maximum absolute atomic E-state index is 11.6. The molecule has 0 saturated heterocycles. The normalized spacial score (nSPS) is 11.8. The van der Waals surface area contributed by atoms with E-state index in [0.29, 0.717) is 5.69 Å². The molecule has 3 rings (SSSR count). The molecule has 3 N–H and O–H groups in total. The van der Waals surface area contributed by atoms with Crippen molar-refractivity contribution in [1.29, 1.82) is 0 Å². The number of aromatic hydroxyl groups is 1. The zero-order valence-corrected chi connectivity index (χ0v) is 21.4. The fourth-order valence-electron chi connectivity index (χ4n) is 2.53. The first-order valence-electron chi connectivity index (χ1n) is 7.46. The van der Waals surface area contributed by atoms with E-state index in [4.69, 9.17) is 5.73 Å². The first kappa shape index (κ1) is 27.0. The fourth-order valence-corrected chi connectivity index (χ4v) is 3.71. The molecule has 146 valence electrons. The molecule has 0 heterocycles. The molecule has 0 fully saturated rings. The van der Waals surface area contributed by atoms with Crippen LogP contribution in [0.1, 0.15) is 0 Å². The van der Waals surface area contributed by atoms with Crippen LogP contribution in [-0.2, 0) is 20.2 Å². The third-order valence-electron chi connectivity index (χ3n) is 3.73. The average Bonchev–Trinajstić information content (AvgIpc) is 2.59. The molecule has 3 aromatic rings. The SMILES string of the molecule is Nc1cc(S(=O)(=O)[O-])cc2cc(S(=O)(=O)[O-])c(/N=N/c3ccccc3)c(O)c12.[Na+].[Na+]. The van der Waals surface area contributed by atoms with Gasteiger partial charge in [-0.05, 0) is 35.7 Å². The van der Waals surface area contributed by atoms with Crippen molar-refractivity contribution in [2.75, 3.05) is 5.73 Å². The molecule has 0 spiro atoms. The van der Waals surface area contributed by atoms with Crippen molar-refractivity contribution < 1.29 is 90.2 Å². The van der Waals surface area contributed by atoms with Crippen LogP contribution >= 0.6 is 0 Å². The number of benzene rings is 3. The van der Waals surface area contributed by atoms with Gasteiger partial charge in [0.05, 0.1) is 15.5 Å². The summed E-state index contributed by atoms with van der Waals surface area (Å²) in [4.78, 5) is -1.69. The molecule has 30 heavy (non-hydrogen) atoms. The molecule has 0 bridgehead atoms. The Morgan fingerprint density at radius 1 is 0.867 bits per heavy atom. The molecule has 0 saturated carbocycles. The summed E-state index contributed by atoms with van der Waals surface area (Å²) in [7, 11) is -10.1. The van der Waals surface area contributed by atoms with E-state index in [2.05, 4.69) is 10.2 Å². The Hall–Kier alpha value is -1.06. The molecule has 0 aromatic heterocycles. The van der Waals surface area contributed by atoms with Crippen LogP contribution in [0, 0.1) is 0 Å². The van der Waals surface area contributed by atoms with Crippen LogP contribution in [0.25, 0.3) is 10.8 Å². The molecule has 0 atom stereocenters. The Labute approximate surface area is 216 Å². The van der Waals surface area contributed by atoms with Gasteiger partial charge in [0.2, 0.25) is 0 Å². The summed E-state index contributed by atoms with van der Waals surface area (Å²) in [5, 5.41) is 17.5. The van der Waals surface area contributed by atoms with Gasteiger partial charge >= 0.3 is 59.1 Å². The average molecular weight is 467 g/mol. The monoisotopic (exact) mass is 467 g/mol. The van der Waals surface area contributed by atoms with Gasteiger partial charge in [0.25, 0.3) is 0 Å². The third kappa shape index (κ3) is 5.79. The Morgan fingerprint density at radius 2 is 1.47 bits per heavy atom. The quantitative estimate of drug-likeness (QED) is 0.170. The first-order valence-corrected chi connectivity index (χ1v) is 10.3. The number of fused-ring (bicyclic) bond motifs is 1. The van der Waals surface area contributed by atoms with Crippen molar-refractivity contribution in [3.05, 3.63) is 48.5 Å². The van der Waals surface area contributed by atoms with E-state index in [0.717, 1.165) is 18.2 Å². The maximum atomic E-state index is 11.6. The summed E-state index contributed by atoms with van der Waals surface area (Å²) >= 11 is 0. The number of phenolic OH excluding ortho intramolecular Hbond substituents is 1. The second-order valence-corrected chi connectivity index (χ2v) is 8.35. The van der Waals surface area contributed by atoms with Crippen molar-refractivity contribution in [3.8, 4) is 5.75 Å². The molecule has 0 amide bonds. The number of nitrogens with zero attached hydrogens (tertiary/aromatic N) is 2. The largest absolute Gasteiger partial charge is 1.00 e. The van der Waals surface area contributed by atoms with Gasteiger partial charge in [-0.25, -0.2) is 16.8 Å². The first-order chi connectivity index (χ1) is 13.0. The standard InChI is InChI=1S/C16H13N3O7S2.2Na/c17-12-8-11(27(21,22)23)6-9-7-13(28(24,25)26)15(16(20)14(9)12)19-18-10-4-2-1-3-5-10;;/h1-8,20H,17H2,(H,21,22,23)(H,24,25,26);;/q;2*+1/p-2/b19-18+;;. The molecular formula is C16H11N3Na2O7S2. The minimum absolute atomic E-state index is 0. The maximum Gasteiger partial charge on any atom is 1.00 e. The Morgan fingerprint density at radius 3 is 2.00 bits per heavy atom. The number of rotatable bonds is 4. The van der Waals surface area contributed by atoms with E-state index in [-0.39, 0.29) is 75.6 Å². The van der Waals surface area contributed by atoms with Crippen molar-refractivity contribution in [2.24, 2.45) is 10.2 Å². The Bertz CT molecular complexity index is 1330. The van der Waals surface area contributed by atoms with Gasteiger partial charge in [-0.1, -0.05) is 18.2 Å².